The third-order valence-electron chi connectivity index (χ3n) is 7.47. The Labute approximate surface area is 267 Å². The number of sulfone groups is 1. The van der Waals surface area contributed by atoms with Gasteiger partial charge in [-0.25, -0.2) is 22.8 Å². The Balaban J connectivity index is 1.35. The standard InChI is InChI=1S/C33H35ClFN3O6S/c1-3-15-45(39,40)16-14-42-13-11-33(10-5-12-44-33)27-19-26-29(20-31(27)41-2)36-22-37-32(26)38-25-8-9-30(28(34)18-25)43-21-23-6-4-7-24(35)17-23/h4-9,12,17-20,22H,3,10-11,13-16,21H2,1-2H3,(H,36,37,38). The summed E-state index contributed by atoms with van der Waals surface area (Å²) >= 11 is 6.53. The summed E-state index contributed by atoms with van der Waals surface area (Å²) in [7, 11) is -1.53. The van der Waals surface area contributed by atoms with Crippen molar-refractivity contribution in [3.63, 3.8) is 0 Å². The predicted molar refractivity (Wildman–Crippen MR) is 172 cm³/mol. The largest absolute Gasteiger partial charge is 0.496 e. The summed E-state index contributed by atoms with van der Waals surface area (Å²) in [5.74, 6) is 1.42. The third kappa shape index (κ3) is 8.02. The first-order valence-electron chi connectivity index (χ1n) is 14.6. The molecule has 1 aliphatic rings. The van der Waals surface area contributed by atoms with E-state index in [1.807, 2.05) is 31.2 Å². The van der Waals surface area contributed by atoms with Crippen LogP contribution in [0.25, 0.3) is 10.9 Å². The summed E-state index contributed by atoms with van der Waals surface area (Å²) in [6, 6.07) is 15.3. The average Bonchev–Trinajstić information content (AvgIpc) is 3.50. The number of benzene rings is 3. The highest BCUT2D eigenvalue weighted by Gasteiger charge is 2.38. The third-order valence-corrected chi connectivity index (χ3v) is 9.58. The summed E-state index contributed by atoms with van der Waals surface area (Å²) in [6.45, 7) is 2.44. The van der Waals surface area contributed by atoms with Gasteiger partial charge in [0, 0.05) is 41.3 Å². The van der Waals surface area contributed by atoms with Crippen LogP contribution in [0.4, 0.5) is 15.9 Å². The van der Waals surface area contributed by atoms with Crippen LogP contribution in [0.15, 0.2) is 73.3 Å². The van der Waals surface area contributed by atoms with E-state index in [0.717, 1.165) is 10.9 Å². The summed E-state index contributed by atoms with van der Waals surface area (Å²) < 4.78 is 61.2. The van der Waals surface area contributed by atoms with Crippen molar-refractivity contribution in [2.75, 3.05) is 37.1 Å². The van der Waals surface area contributed by atoms with Gasteiger partial charge in [0.2, 0.25) is 0 Å². The van der Waals surface area contributed by atoms with Crippen molar-refractivity contribution in [1.29, 1.82) is 0 Å². The smallest absolute Gasteiger partial charge is 0.152 e. The van der Waals surface area contributed by atoms with Crippen LogP contribution < -0.4 is 14.8 Å². The van der Waals surface area contributed by atoms with Crippen molar-refractivity contribution in [3.8, 4) is 11.5 Å². The Morgan fingerprint density at radius 1 is 1.07 bits per heavy atom. The van der Waals surface area contributed by atoms with Crippen LogP contribution >= 0.6 is 11.6 Å². The van der Waals surface area contributed by atoms with E-state index in [2.05, 4.69) is 15.3 Å². The van der Waals surface area contributed by atoms with Crippen LogP contribution in [0, 0.1) is 5.82 Å². The summed E-state index contributed by atoms with van der Waals surface area (Å²) in [5, 5.41) is 4.44. The van der Waals surface area contributed by atoms with Gasteiger partial charge in [-0.1, -0.05) is 30.7 Å². The van der Waals surface area contributed by atoms with Crippen LogP contribution in [0.5, 0.6) is 11.5 Å². The molecule has 0 bridgehead atoms. The van der Waals surface area contributed by atoms with Gasteiger partial charge in [-0.15, -0.1) is 0 Å². The highest BCUT2D eigenvalue weighted by molar-refractivity contribution is 7.91. The van der Waals surface area contributed by atoms with Crippen LogP contribution in [0.2, 0.25) is 5.02 Å². The van der Waals surface area contributed by atoms with Crippen molar-refractivity contribution < 1.29 is 31.8 Å². The van der Waals surface area contributed by atoms with E-state index in [1.165, 1.54) is 18.5 Å². The molecule has 4 aromatic rings. The summed E-state index contributed by atoms with van der Waals surface area (Å²) in [4.78, 5) is 8.95. The minimum absolute atomic E-state index is 0.0112. The van der Waals surface area contributed by atoms with E-state index >= 15 is 0 Å². The Kier molecular flexibility index (Phi) is 10.4. The van der Waals surface area contributed by atoms with E-state index in [9.17, 15) is 12.8 Å². The molecule has 45 heavy (non-hydrogen) atoms. The zero-order chi connectivity index (χ0) is 31.9. The molecule has 1 aliphatic heterocycles. The van der Waals surface area contributed by atoms with Crippen LogP contribution in [0.3, 0.4) is 0 Å². The second-order valence-electron chi connectivity index (χ2n) is 10.7. The molecule has 1 N–H and O–H groups in total. The molecule has 1 atom stereocenters. The molecule has 0 amide bonds. The molecule has 0 saturated carbocycles. The number of halogens is 2. The molecule has 1 unspecified atom stereocenters. The van der Waals surface area contributed by atoms with Gasteiger partial charge in [0.25, 0.3) is 0 Å². The first-order valence-corrected chi connectivity index (χ1v) is 16.8. The van der Waals surface area contributed by atoms with Crippen molar-refractivity contribution in [2.24, 2.45) is 0 Å². The lowest BCUT2D eigenvalue weighted by molar-refractivity contribution is 0.00121. The maximum absolute atomic E-state index is 13.5. The topological polar surface area (TPSA) is 109 Å². The van der Waals surface area contributed by atoms with Crippen LogP contribution in [0.1, 0.15) is 37.3 Å². The van der Waals surface area contributed by atoms with E-state index in [0.29, 0.717) is 65.0 Å². The number of aromatic nitrogens is 2. The molecule has 9 nitrogen and oxygen atoms in total. The second-order valence-corrected chi connectivity index (χ2v) is 13.4. The van der Waals surface area contributed by atoms with Crippen LogP contribution in [-0.2, 0) is 31.5 Å². The molecule has 0 spiro atoms. The molecule has 12 heteroatoms. The molecule has 2 heterocycles. The summed E-state index contributed by atoms with van der Waals surface area (Å²) in [6.07, 6.45) is 6.70. The highest BCUT2D eigenvalue weighted by Crippen LogP contribution is 2.44. The maximum Gasteiger partial charge on any atom is 0.152 e. The molecule has 0 fully saturated rings. The number of fused-ring (bicyclic) bond motifs is 1. The van der Waals surface area contributed by atoms with Gasteiger partial charge < -0.3 is 24.3 Å². The van der Waals surface area contributed by atoms with E-state index < -0.39 is 15.4 Å². The quantitative estimate of drug-likeness (QED) is 0.134. The molecule has 0 radical (unpaired) electrons. The molecular weight excluding hydrogens is 621 g/mol. The summed E-state index contributed by atoms with van der Waals surface area (Å²) in [5.41, 5.74) is 2.04. The Morgan fingerprint density at radius 2 is 1.93 bits per heavy atom. The Hall–Kier alpha value is -3.93. The molecule has 0 saturated heterocycles. The maximum atomic E-state index is 13.5. The van der Waals surface area contributed by atoms with E-state index in [1.54, 1.807) is 37.6 Å². The van der Waals surface area contributed by atoms with Gasteiger partial charge in [0.1, 0.15) is 41.7 Å². The number of hydrogen-bond donors (Lipinski definition) is 1. The van der Waals surface area contributed by atoms with Gasteiger partial charge >= 0.3 is 0 Å². The fraction of sp³-hybridized carbons (Fsp3) is 0.333. The first kappa shape index (κ1) is 32.5. The first-order chi connectivity index (χ1) is 21.7. The van der Waals surface area contributed by atoms with Gasteiger partial charge in [-0.05, 0) is 54.5 Å². The lowest BCUT2D eigenvalue weighted by Crippen LogP contribution is -2.28. The number of methoxy groups -OCH3 is 1. The number of anilines is 2. The Bertz CT molecular complexity index is 1780. The predicted octanol–water partition coefficient (Wildman–Crippen LogP) is 7.11. The fourth-order valence-corrected chi connectivity index (χ4v) is 6.63. The van der Waals surface area contributed by atoms with Gasteiger partial charge in [0.05, 0.1) is 42.9 Å². The van der Waals surface area contributed by atoms with Crippen molar-refractivity contribution in [1.82, 2.24) is 9.97 Å². The minimum Gasteiger partial charge on any atom is -0.496 e. The van der Waals surface area contributed by atoms with Crippen molar-refractivity contribution >= 4 is 43.8 Å². The molecule has 3 aromatic carbocycles. The molecular formula is C33H35ClFN3O6S. The van der Waals surface area contributed by atoms with Crippen molar-refractivity contribution in [2.45, 2.75) is 38.4 Å². The van der Waals surface area contributed by atoms with Gasteiger partial charge in [-0.2, -0.15) is 0 Å². The molecule has 1 aromatic heterocycles. The monoisotopic (exact) mass is 655 g/mol. The zero-order valence-electron chi connectivity index (χ0n) is 25.1. The lowest BCUT2D eigenvalue weighted by Gasteiger charge is -2.31. The number of hydrogen-bond acceptors (Lipinski definition) is 9. The molecule has 238 valence electrons. The zero-order valence-corrected chi connectivity index (χ0v) is 26.7. The Morgan fingerprint density at radius 3 is 2.67 bits per heavy atom. The second kappa shape index (κ2) is 14.4. The van der Waals surface area contributed by atoms with E-state index in [4.69, 9.17) is 30.5 Å². The number of rotatable bonds is 15. The molecule has 5 rings (SSSR count). The van der Waals surface area contributed by atoms with E-state index in [-0.39, 0.29) is 30.5 Å². The van der Waals surface area contributed by atoms with Crippen LogP contribution in [-0.4, -0.2) is 50.2 Å². The highest BCUT2D eigenvalue weighted by atomic mass is 35.5. The lowest BCUT2D eigenvalue weighted by atomic mass is 9.86. The number of nitrogens with zero attached hydrogens (tertiary/aromatic N) is 2. The van der Waals surface area contributed by atoms with Crippen molar-refractivity contribution in [3.05, 3.63) is 95.2 Å². The van der Waals surface area contributed by atoms with Gasteiger partial charge in [0.15, 0.2) is 9.84 Å². The van der Waals surface area contributed by atoms with Gasteiger partial charge in [-0.3, -0.25) is 0 Å². The normalized spacial score (nSPS) is 16.1. The fourth-order valence-electron chi connectivity index (χ4n) is 5.20. The number of nitrogens with one attached hydrogen (secondary N) is 1. The average molecular weight is 656 g/mol. The molecule has 0 aliphatic carbocycles. The minimum atomic E-state index is -3.12. The SMILES string of the molecule is CCCS(=O)(=O)CCOCCC1(c2cc3c(Nc4ccc(OCc5cccc(F)c5)c(Cl)c4)ncnc3cc2OC)CC=CO1. The number of ether oxygens (including phenoxy) is 4.